The van der Waals surface area contributed by atoms with Crippen LogP contribution in [0.5, 0.6) is 0 Å². The summed E-state index contributed by atoms with van der Waals surface area (Å²) in [5, 5.41) is 2.11. The number of nitrogens with zero attached hydrogens (tertiary/aromatic N) is 4. The standard InChI is InChI=1S/C80H50F12N4/c1-44-16-24-61(67(32-44)80(90,91)92)53-20-31-74-66(39-53)65-38-52(60-27-23-57(35-47(60)4)79(87,88)89)19-30-73(65)96(74)76-43-70(93-5)62(54-40-68(48-12-8-6-9-13-48)94-69(41-54)49-14-10-7-11-15-49)42-75(76)95-71-28-17-50(58-25-21-55(33-45(58)2)77(81,82)83)36-63(71)64-37-51(18-29-72(64)95)59-26-22-56(34-46(59)3)78(84,85)86/h6-43H,1-4H3. The topological polar surface area (TPSA) is 27.1 Å². The molecule has 0 atom stereocenters. The molecule has 0 N–H and O–H groups in total. The van der Waals surface area contributed by atoms with Gasteiger partial charge in [0.1, 0.15) is 0 Å². The molecule has 0 aliphatic rings. The number of aryl methyl sites for hydroxylation is 4. The average Bonchev–Trinajstić information content (AvgIpc) is 1.50. The molecule has 0 saturated carbocycles. The van der Waals surface area contributed by atoms with E-state index in [0.717, 1.165) is 53.6 Å². The van der Waals surface area contributed by atoms with Gasteiger partial charge in [0, 0.05) is 32.7 Å². The quantitative estimate of drug-likeness (QED) is 0.105. The van der Waals surface area contributed by atoms with Gasteiger partial charge in [-0.2, -0.15) is 52.7 Å². The molecule has 4 nitrogen and oxygen atoms in total. The van der Waals surface area contributed by atoms with Crippen molar-refractivity contribution in [3.63, 3.8) is 0 Å². The fraction of sp³-hybridized carbons (Fsp3) is 0.100. The van der Waals surface area contributed by atoms with Gasteiger partial charge in [0.2, 0.25) is 0 Å². The van der Waals surface area contributed by atoms with E-state index < -0.39 is 47.0 Å². The molecule has 0 aliphatic carbocycles. The Hall–Kier alpha value is -11.2. The Morgan fingerprint density at radius 2 is 0.667 bits per heavy atom. The molecule has 0 saturated heterocycles. The predicted molar refractivity (Wildman–Crippen MR) is 356 cm³/mol. The van der Waals surface area contributed by atoms with Gasteiger partial charge in [-0.1, -0.05) is 121 Å². The van der Waals surface area contributed by atoms with Crippen LogP contribution in [0.15, 0.2) is 231 Å². The third kappa shape index (κ3) is 11.2. The smallest absolute Gasteiger partial charge is 0.308 e. The average molecular weight is 1300 g/mol. The molecule has 0 spiro atoms. The Balaban J connectivity index is 1.11. The molecule has 14 rings (SSSR count). The van der Waals surface area contributed by atoms with Gasteiger partial charge in [0.15, 0.2) is 5.69 Å². The van der Waals surface area contributed by atoms with Crippen LogP contribution in [0.25, 0.3) is 138 Å². The highest BCUT2D eigenvalue weighted by Crippen LogP contribution is 2.49. The maximum absolute atomic E-state index is 15.1. The van der Waals surface area contributed by atoms with Gasteiger partial charge >= 0.3 is 24.7 Å². The van der Waals surface area contributed by atoms with Crippen molar-refractivity contribution in [3.05, 3.63) is 286 Å². The van der Waals surface area contributed by atoms with E-state index in [0.29, 0.717) is 133 Å². The summed E-state index contributed by atoms with van der Waals surface area (Å²) in [6, 6.07) is 62.1. The molecule has 0 amide bonds. The van der Waals surface area contributed by atoms with E-state index in [2.05, 4.69) is 4.85 Å². The lowest BCUT2D eigenvalue weighted by molar-refractivity contribution is -0.138. The second-order valence-electron chi connectivity index (χ2n) is 24.1. The van der Waals surface area contributed by atoms with E-state index in [-0.39, 0.29) is 16.8 Å². The van der Waals surface area contributed by atoms with Crippen molar-refractivity contribution in [3.8, 4) is 89.5 Å². The normalized spacial score (nSPS) is 12.4. The molecule has 0 radical (unpaired) electrons. The highest BCUT2D eigenvalue weighted by Gasteiger charge is 2.36. The summed E-state index contributed by atoms with van der Waals surface area (Å²) in [6.07, 6.45) is -18.7. The fourth-order valence-electron chi connectivity index (χ4n) is 13.3. The molecule has 0 unspecified atom stereocenters. The zero-order chi connectivity index (χ0) is 67.5. The highest BCUT2D eigenvalue weighted by atomic mass is 19.4. The maximum Gasteiger partial charge on any atom is 0.417 e. The molecule has 0 aliphatic heterocycles. The molecule has 0 bridgehead atoms. The number of aromatic nitrogens is 3. The van der Waals surface area contributed by atoms with Gasteiger partial charge in [-0.3, -0.25) is 0 Å². The second kappa shape index (κ2) is 23.1. The third-order valence-electron chi connectivity index (χ3n) is 17.9. The van der Waals surface area contributed by atoms with Crippen molar-refractivity contribution in [2.24, 2.45) is 0 Å². The van der Waals surface area contributed by atoms with E-state index in [9.17, 15) is 39.5 Å². The van der Waals surface area contributed by atoms with Crippen LogP contribution in [0.1, 0.15) is 44.5 Å². The number of fused-ring (bicyclic) bond motifs is 6. The van der Waals surface area contributed by atoms with Crippen molar-refractivity contribution in [2.45, 2.75) is 52.4 Å². The largest absolute Gasteiger partial charge is 0.417 e. The number of rotatable bonds is 9. The zero-order valence-corrected chi connectivity index (χ0v) is 51.3. The van der Waals surface area contributed by atoms with Gasteiger partial charge in [0.05, 0.1) is 73.7 Å². The van der Waals surface area contributed by atoms with Crippen LogP contribution in [-0.4, -0.2) is 14.1 Å². The lowest BCUT2D eigenvalue weighted by Gasteiger charge is -2.21. The molecule has 96 heavy (non-hydrogen) atoms. The number of halogens is 12. The summed E-state index contributed by atoms with van der Waals surface area (Å²) in [6.45, 7) is 15.4. The Morgan fingerprint density at radius 3 is 1.01 bits per heavy atom. The predicted octanol–water partition coefficient (Wildman–Crippen LogP) is 24.8. The van der Waals surface area contributed by atoms with Crippen LogP contribution < -0.4 is 0 Å². The van der Waals surface area contributed by atoms with Gasteiger partial charge in [0.25, 0.3) is 0 Å². The van der Waals surface area contributed by atoms with E-state index >= 15 is 13.2 Å². The maximum atomic E-state index is 15.1. The third-order valence-corrected chi connectivity index (χ3v) is 17.9. The summed E-state index contributed by atoms with van der Waals surface area (Å²) in [5.74, 6) is 0. The minimum Gasteiger partial charge on any atom is -0.308 e. The van der Waals surface area contributed by atoms with Gasteiger partial charge in [-0.15, -0.1) is 0 Å². The fourth-order valence-corrected chi connectivity index (χ4v) is 13.3. The number of pyridine rings is 1. The number of alkyl halides is 12. The number of hydrogen-bond acceptors (Lipinski definition) is 1. The van der Waals surface area contributed by atoms with Crippen molar-refractivity contribution >= 4 is 49.3 Å². The van der Waals surface area contributed by atoms with Crippen LogP contribution in [-0.2, 0) is 24.7 Å². The Kier molecular flexibility index (Phi) is 15.0. The Bertz CT molecular complexity index is 5350. The first kappa shape index (κ1) is 62.3. The first-order valence-corrected chi connectivity index (χ1v) is 30.3. The molecular formula is C80H50F12N4. The van der Waals surface area contributed by atoms with Crippen LogP contribution in [0.4, 0.5) is 58.4 Å². The number of hydrogen-bond donors (Lipinski definition) is 0. The summed E-state index contributed by atoms with van der Waals surface area (Å²) >= 11 is 0. The molecule has 16 heteroatoms. The number of benzene rings is 11. The van der Waals surface area contributed by atoms with Gasteiger partial charge < -0.3 is 9.13 Å². The van der Waals surface area contributed by atoms with E-state index in [1.54, 1.807) is 88.4 Å². The van der Waals surface area contributed by atoms with Crippen molar-refractivity contribution in [1.82, 2.24) is 14.1 Å². The summed E-state index contributed by atoms with van der Waals surface area (Å²) in [4.78, 5) is 9.38. The van der Waals surface area contributed by atoms with Crippen molar-refractivity contribution in [2.75, 3.05) is 0 Å². The summed E-state index contributed by atoms with van der Waals surface area (Å²) < 4.78 is 177. The van der Waals surface area contributed by atoms with Crippen LogP contribution in [0.2, 0.25) is 0 Å². The van der Waals surface area contributed by atoms with Crippen LogP contribution in [0, 0.1) is 34.3 Å². The molecule has 14 aromatic rings. The minimum absolute atomic E-state index is 0.102. The van der Waals surface area contributed by atoms with E-state index in [1.165, 1.54) is 24.3 Å². The molecule has 3 heterocycles. The molecule has 474 valence electrons. The molecule has 11 aromatic carbocycles. The summed E-state index contributed by atoms with van der Waals surface area (Å²) in [5.41, 5.74) is 7.94. The Morgan fingerprint density at radius 1 is 0.312 bits per heavy atom. The Labute approximate surface area is 542 Å². The zero-order valence-electron chi connectivity index (χ0n) is 51.3. The van der Waals surface area contributed by atoms with Crippen molar-refractivity contribution < 1.29 is 52.7 Å². The van der Waals surface area contributed by atoms with Crippen LogP contribution in [0.3, 0.4) is 0 Å². The molecular weight excluding hydrogens is 1240 g/mol. The lowest BCUT2D eigenvalue weighted by Crippen LogP contribution is -2.07. The molecule has 3 aromatic heterocycles. The molecule has 0 fully saturated rings. The summed E-state index contributed by atoms with van der Waals surface area (Å²) in [7, 11) is 0. The monoisotopic (exact) mass is 1290 g/mol. The highest BCUT2D eigenvalue weighted by molar-refractivity contribution is 6.15. The van der Waals surface area contributed by atoms with E-state index in [4.69, 9.17) is 11.6 Å². The second-order valence-corrected chi connectivity index (χ2v) is 24.1. The van der Waals surface area contributed by atoms with Crippen molar-refractivity contribution in [1.29, 1.82) is 0 Å². The van der Waals surface area contributed by atoms with Gasteiger partial charge in [-0.25, -0.2) is 9.83 Å². The van der Waals surface area contributed by atoms with Crippen LogP contribution >= 0.6 is 0 Å². The first-order chi connectivity index (χ1) is 45.7. The lowest BCUT2D eigenvalue weighted by atomic mass is 9.95. The first-order valence-electron chi connectivity index (χ1n) is 30.3. The SMILES string of the molecule is [C-]#[N+]c1cc(-n2c3ccc(-c4ccc(C(F)(F)F)cc4C)cc3c3cc(-c4ccc(C)cc4C(F)(F)F)ccc32)c(-n2c3ccc(-c4ccc(C(F)(F)F)cc4C)cc3c3cc(-c4ccc(C(F)(F)F)cc4C)ccc32)cc1-c1cc(-c2ccccc2)nc(-c2ccccc2)c1. The van der Waals surface area contributed by atoms with E-state index in [1.807, 2.05) is 112 Å². The van der Waals surface area contributed by atoms with Gasteiger partial charge in [-0.05, 0) is 215 Å². The minimum atomic E-state index is -4.76.